The highest BCUT2D eigenvalue weighted by Gasteiger charge is 2.09. The van der Waals surface area contributed by atoms with E-state index >= 15 is 0 Å². The number of carbonyl (C=O) groups is 1. The average molecular weight is 406 g/mol. The van der Waals surface area contributed by atoms with Crippen molar-refractivity contribution in [2.24, 2.45) is 12.0 Å². The molecule has 2 rings (SSSR count). The van der Waals surface area contributed by atoms with Crippen LogP contribution in [0.2, 0.25) is 0 Å². The number of aliphatic imine (C=N–C) groups is 1. The largest absolute Gasteiger partial charge is 0.356 e. The van der Waals surface area contributed by atoms with E-state index in [0.717, 1.165) is 22.7 Å². The van der Waals surface area contributed by atoms with Gasteiger partial charge in [0, 0.05) is 56.2 Å². The third-order valence-corrected chi connectivity index (χ3v) is 4.32. The van der Waals surface area contributed by atoms with Crippen LogP contribution in [0.25, 0.3) is 0 Å². The van der Waals surface area contributed by atoms with Crippen LogP contribution in [0, 0.1) is 0 Å². The molecule has 1 aromatic heterocycles. The van der Waals surface area contributed by atoms with Crippen molar-refractivity contribution in [2.45, 2.75) is 13.0 Å². The number of rotatable bonds is 6. The number of nitrogens with one attached hydrogen (secondary N) is 2. The minimum absolute atomic E-state index is 0.0321. The Hall–Kier alpha value is -2.28. The molecular formula is C18H24BrN5O. The maximum Gasteiger partial charge on any atom is 0.226 e. The van der Waals surface area contributed by atoms with Crippen LogP contribution >= 0.6 is 15.9 Å². The lowest BCUT2D eigenvalue weighted by Gasteiger charge is -2.22. The molecule has 6 nitrogen and oxygen atoms in total. The van der Waals surface area contributed by atoms with Crippen LogP contribution in [-0.4, -0.2) is 42.0 Å². The number of anilines is 1. The van der Waals surface area contributed by atoms with Gasteiger partial charge >= 0.3 is 0 Å². The Kier molecular flexibility index (Phi) is 7.06. The lowest BCUT2D eigenvalue weighted by molar-refractivity contribution is -0.116. The first-order valence-electron chi connectivity index (χ1n) is 8.07. The lowest BCUT2D eigenvalue weighted by atomic mass is 10.3. The van der Waals surface area contributed by atoms with Gasteiger partial charge in [0.15, 0.2) is 5.96 Å². The zero-order valence-electron chi connectivity index (χ0n) is 14.8. The molecule has 0 atom stereocenters. The number of aromatic nitrogens is 1. The predicted molar refractivity (Wildman–Crippen MR) is 106 cm³/mol. The van der Waals surface area contributed by atoms with Crippen LogP contribution in [0.5, 0.6) is 0 Å². The zero-order valence-corrected chi connectivity index (χ0v) is 16.4. The highest BCUT2D eigenvalue weighted by molar-refractivity contribution is 9.10. The summed E-state index contributed by atoms with van der Waals surface area (Å²) in [6.07, 6.45) is 2.39. The summed E-state index contributed by atoms with van der Waals surface area (Å²) in [6, 6.07) is 11.6. The summed E-state index contributed by atoms with van der Waals surface area (Å²) in [6.45, 7) is 1.26. The monoisotopic (exact) mass is 405 g/mol. The SMILES string of the molecule is CN=C(NCCC(=O)Nc1ccc(Br)cc1)N(C)Cc1cccn1C. The number of halogens is 1. The standard InChI is InChI=1S/C18H24BrN5O/c1-20-18(24(3)13-16-5-4-12-23(16)2)21-11-10-17(25)22-15-8-6-14(19)7-9-15/h4-9,12H,10-11,13H2,1-3H3,(H,20,21)(H,22,25). The number of carbonyl (C=O) groups excluding carboxylic acids is 1. The molecular weight excluding hydrogens is 382 g/mol. The molecule has 25 heavy (non-hydrogen) atoms. The molecule has 0 radical (unpaired) electrons. The van der Waals surface area contributed by atoms with Gasteiger partial charge in [-0.3, -0.25) is 9.79 Å². The van der Waals surface area contributed by atoms with Crippen molar-refractivity contribution in [1.29, 1.82) is 0 Å². The third-order valence-electron chi connectivity index (χ3n) is 3.79. The molecule has 0 aliphatic rings. The van der Waals surface area contributed by atoms with Crippen molar-refractivity contribution < 1.29 is 4.79 Å². The van der Waals surface area contributed by atoms with Crippen LogP contribution in [0.1, 0.15) is 12.1 Å². The number of hydrogen-bond acceptors (Lipinski definition) is 2. The van der Waals surface area contributed by atoms with Gasteiger partial charge in [-0.2, -0.15) is 0 Å². The first-order valence-corrected chi connectivity index (χ1v) is 8.86. The van der Waals surface area contributed by atoms with Crippen LogP contribution in [-0.2, 0) is 18.4 Å². The molecule has 0 saturated carbocycles. The molecule has 2 N–H and O–H groups in total. The van der Waals surface area contributed by atoms with Gasteiger partial charge in [-0.1, -0.05) is 15.9 Å². The molecule has 7 heteroatoms. The first kappa shape index (κ1) is 19.1. The van der Waals surface area contributed by atoms with E-state index in [-0.39, 0.29) is 5.91 Å². The average Bonchev–Trinajstić information content (AvgIpc) is 2.98. The molecule has 0 bridgehead atoms. The van der Waals surface area contributed by atoms with Crippen molar-refractivity contribution in [3.05, 3.63) is 52.8 Å². The minimum Gasteiger partial charge on any atom is -0.356 e. The summed E-state index contributed by atoms with van der Waals surface area (Å²) in [5.41, 5.74) is 1.98. The van der Waals surface area contributed by atoms with Gasteiger partial charge in [0.25, 0.3) is 0 Å². The van der Waals surface area contributed by atoms with E-state index in [1.54, 1.807) is 7.05 Å². The van der Waals surface area contributed by atoms with Crippen LogP contribution in [0.15, 0.2) is 52.1 Å². The van der Waals surface area contributed by atoms with Crippen molar-refractivity contribution in [2.75, 3.05) is 26.0 Å². The van der Waals surface area contributed by atoms with Crippen molar-refractivity contribution in [3.63, 3.8) is 0 Å². The summed E-state index contributed by atoms with van der Waals surface area (Å²) in [7, 11) is 5.74. The fourth-order valence-electron chi connectivity index (χ4n) is 2.41. The summed E-state index contributed by atoms with van der Waals surface area (Å²) in [4.78, 5) is 18.3. The van der Waals surface area contributed by atoms with E-state index in [9.17, 15) is 4.79 Å². The summed E-state index contributed by atoms with van der Waals surface area (Å²) in [5, 5.41) is 6.10. The van der Waals surface area contributed by atoms with E-state index < -0.39 is 0 Å². The molecule has 0 saturated heterocycles. The fourth-order valence-corrected chi connectivity index (χ4v) is 2.67. The first-order chi connectivity index (χ1) is 12.0. The number of guanidine groups is 1. The quantitative estimate of drug-likeness (QED) is 0.573. The number of aryl methyl sites for hydroxylation is 1. The fraction of sp³-hybridized carbons (Fsp3) is 0.333. The Morgan fingerprint density at radius 2 is 2.00 bits per heavy atom. The van der Waals surface area contributed by atoms with Gasteiger partial charge in [0.05, 0.1) is 6.54 Å². The Labute approximate surface area is 157 Å². The predicted octanol–water partition coefficient (Wildman–Crippen LogP) is 2.82. The van der Waals surface area contributed by atoms with Gasteiger partial charge in [0.1, 0.15) is 0 Å². The summed E-state index contributed by atoms with van der Waals surface area (Å²) < 4.78 is 3.06. The second kappa shape index (κ2) is 9.27. The second-order valence-corrected chi connectivity index (χ2v) is 6.66. The Morgan fingerprint density at radius 1 is 1.28 bits per heavy atom. The van der Waals surface area contributed by atoms with Gasteiger partial charge in [0.2, 0.25) is 5.91 Å². The van der Waals surface area contributed by atoms with Crippen molar-refractivity contribution >= 4 is 33.5 Å². The number of hydrogen-bond donors (Lipinski definition) is 2. The van der Waals surface area contributed by atoms with Crippen molar-refractivity contribution in [1.82, 2.24) is 14.8 Å². The normalized spacial score (nSPS) is 11.3. The van der Waals surface area contributed by atoms with Crippen LogP contribution < -0.4 is 10.6 Å². The van der Waals surface area contributed by atoms with E-state index in [1.807, 2.05) is 55.5 Å². The maximum absolute atomic E-state index is 12.0. The molecule has 0 unspecified atom stereocenters. The third kappa shape index (κ3) is 5.94. The Bertz CT molecular complexity index is 723. The van der Waals surface area contributed by atoms with Gasteiger partial charge in [-0.25, -0.2) is 0 Å². The minimum atomic E-state index is -0.0321. The smallest absolute Gasteiger partial charge is 0.226 e. The Balaban J connectivity index is 1.77. The molecule has 0 aliphatic heterocycles. The number of nitrogens with zero attached hydrogens (tertiary/aromatic N) is 3. The molecule has 134 valence electrons. The molecule has 2 aromatic rings. The summed E-state index contributed by atoms with van der Waals surface area (Å²) in [5.74, 6) is 0.730. The van der Waals surface area contributed by atoms with Crippen molar-refractivity contribution in [3.8, 4) is 0 Å². The van der Waals surface area contributed by atoms with E-state index in [1.165, 1.54) is 5.69 Å². The molecule has 0 aliphatic carbocycles. The van der Waals surface area contributed by atoms with E-state index in [0.29, 0.717) is 13.0 Å². The van der Waals surface area contributed by atoms with E-state index in [4.69, 9.17) is 0 Å². The maximum atomic E-state index is 12.0. The van der Waals surface area contributed by atoms with E-state index in [2.05, 4.69) is 42.2 Å². The van der Waals surface area contributed by atoms with Gasteiger partial charge < -0.3 is 20.1 Å². The molecule has 1 amide bonds. The molecule has 0 spiro atoms. The van der Waals surface area contributed by atoms with Crippen LogP contribution in [0.4, 0.5) is 5.69 Å². The molecule has 1 heterocycles. The molecule has 0 fully saturated rings. The van der Waals surface area contributed by atoms with Gasteiger partial charge in [-0.15, -0.1) is 0 Å². The molecule has 1 aromatic carbocycles. The van der Waals surface area contributed by atoms with Crippen LogP contribution in [0.3, 0.4) is 0 Å². The topological polar surface area (TPSA) is 61.7 Å². The zero-order chi connectivity index (χ0) is 18.2. The number of benzene rings is 1. The summed E-state index contributed by atoms with van der Waals surface area (Å²) >= 11 is 3.37. The lowest BCUT2D eigenvalue weighted by Crippen LogP contribution is -2.40. The number of amides is 1. The highest BCUT2D eigenvalue weighted by atomic mass is 79.9. The highest BCUT2D eigenvalue weighted by Crippen LogP contribution is 2.14. The second-order valence-electron chi connectivity index (χ2n) is 5.75. The van der Waals surface area contributed by atoms with Gasteiger partial charge in [-0.05, 0) is 36.4 Å². The Morgan fingerprint density at radius 3 is 2.60 bits per heavy atom.